The van der Waals surface area contributed by atoms with Gasteiger partial charge in [-0.1, -0.05) is 11.8 Å². The third-order valence-corrected chi connectivity index (χ3v) is 7.15. The monoisotopic (exact) mass is 553 g/mol. The quantitative estimate of drug-likeness (QED) is 0.302. The average Bonchev–Trinajstić information content (AvgIpc) is 3.33. The molecule has 11 nitrogen and oxygen atoms in total. The Balaban J connectivity index is 1.23. The van der Waals surface area contributed by atoms with Crippen LogP contribution in [-0.2, 0) is 11.8 Å². The number of aryl methyl sites for hydroxylation is 1. The lowest BCUT2D eigenvalue weighted by Crippen LogP contribution is -2.61. The first-order chi connectivity index (χ1) is 19.7. The maximum absolute atomic E-state index is 15.2. The van der Waals surface area contributed by atoms with Crippen LogP contribution in [0.25, 0.3) is 22.1 Å². The van der Waals surface area contributed by atoms with E-state index in [4.69, 9.17) is 9.72 Å². The lowest BCUT2D eigenvalue weighted by Gasteiger charge is -2.47. The molecule has 0 radical (unpaired) electrons. The van der Waals surface area contributed by atoms with Crippen LogP contribution in [0.5, 0.6) is 11.5 Å². The Labute approximate surface area is 235 Å². The summed E-state index contributed by atoms with van der Waals surface area (Å²) in [7, 11) is 1.81. The molecule has 3 aromatic heterocycles. The van der Waals surface area contributed by atoms with E-state index in [-0.39, 0.29) is 11.6 Å². The summed E-state index contributed by atoms with van der Waals surface area (Å²) in [6.45, 7) is 9.39. The first kappa shape index (κ1) is 26.1. The van der Waals surface area contributed by atoms with Crippen molar-refractivity contribution in [1.29, 1.82) is 0 Å². The number of anilines is 3. The van der Waals surface area contributed by atoms with Crippen LogP contribution in [-0.4, -0.2) is 65.9 Å². The van der Waals surface area contributed by atoms with Gasteiger partial charge in [0.25, 0.3) is 0 Å². The highest BCUT2D eigenvalue weighted by molar-refractivity contribution is 5.89. The van der Waals surface area contributed by atoms with Crippen LogP contribution in [0.1, 0.15) is 13.8 Å². The molecule has 2 aromatic carbocycles. The molecule has 0 bridgehead atoms. The Kier molecular flexibility index (Phi) is 6.45. The summed E-state index contributed by atoms with van der Waals surface area (Å²) in [5, 5.41) is 11.1. The molecule has 1 N–H and O–H groups in total. The minimum atomic E-state index is -0.518. The normalized spacial score (nSPS) is 14.8. The number of halogens is 1. The van der Waals surface area contributed by atoms with Crippen LogP contribution < -0.4 is 15.0 Å². The molecular formula is C29H28FN9O2. The van der Waals surface area contributed by atoms with Crippen molar-refractivity contribution in [2.45, 2.75) is 19.4 Å². The molecule has 0 unspecified atom stereocenters. The smallest absolute Gasteiger partial charge is 0.246 e. The molecule has 1 aliphatic heterocycles. The minimum absolute atomic E-state index is 0.0916. The van der Waals surface area contributed by atoms with Crippen LogP contribution in [0, 0.1) is 5.82 Å². The van der Waals surface area contributed by atoms with Crippen molar-refractivity contribution in [2.75, 3.05) is 29.9 Å². The highest BCUT2D eigenvalue weighted by Gasteiger charge is 2.36. The molecule has 12 heteroatoms. The standard InChI is InChI=1S/C29H28FN9O2/c1-5-26(40)39-13-12-38(16-29(39,2)3)25-11-9-22-27(34-25)28(32-17-31-22)33-21-8-6-18(14-20(21)30)41-19-7-10-24-23(15-19)35-36-37(24)4/h5-11,14-15,17H,1,12-13,16H2,2-4H3,(H,31,32,33). The van der Waals surface area contributed by atoms with Crippen molar-refractivity contribution in [3.63, 3.8) is 0 Å². The second-order valence-corrected chi connectivity index (χ2v) is 10.4. The second kappa shape index (κ2) is 10.1. The summed E-state index contributed by atoms with van der Waals surface area (Å²) in [5.74, 6) is 1.34. The van der Waals surface area contributed by atoms with Crippen LogP contribution in [0.4, 0.5) is 21.7 Å². The molecule has 0 atom stereocenters. The zero-order chi connectivity index (χ0) is 28.7. The van der Waals surface area contributed by atoms with Gasteiger partial charge in [0, 0.05) is 38.8 Å². The number of ether oxygens (including phenoxy) is 1. The minimum Gasteiger partial charge on any atom is -0.457 e. The van der Waals surface area contributed by atoms with Gasteiger partial charge < -0.3 is 19.9 Å². The lowest BCUT2D eigenvalue weighted by molar-refractivity contribution is -0.131. The molecule has 1 amide bonds. The number of nitrogens with one attached hydrogen (secondary N) is 1. The maximum atomic E-state index is 15.2. The number of carbonyl (C=O) groups is 1. The number of hydrogen-bond donors (Lipinski definition) is 1. The average molecular weight is 554 g/mol. The summed E-state index contributed by atoms with van der Waals surface area (Å²) in [5.41, 5.74) is 2.47. The van der Waals surface area contributed by atoms with E-state index in [9.17, 15) is 4.79 Å². The van der Waals surface area contributed by atoms with Gasteiger partial charge in [-0.15, -0.1) is 5.10 Å². The molecule has 5 aromatic rings. The number of amides is 1. The SMILES string of the molecule is C=CC(=O)N1CCN(c2ccc3ncnc(Nc4ccc(Oc5ccc6c(c5)nnn6C)cc4F)c3n2)CC1(C)C. The van der Waals surface area contributed by atoms with E-state index >= 15 is 4.39 Å². The summed E-state index contributed by atoms with van der Waals surface area (Å²) in [4.78, 5) is 29.8. The van der Waals surface area contributed by atoms with Crippen LogP contribution in [0.2, 0.25) is 0 Å². The third kappa shape index (κ3) is 4.99. The number of hydrogen-bond acceptors (Lipinski definition) is 9. The van der Waals surface area contributed by atoms with E-state index in [1.165, 1.54) is 18.5 Å². The lowest BCUT2D eigenvalue weighted by atomic mass is 9.98. The number of carbonyl (C=O) groups excluding carboxylic acids is 1. The van der Waals surface area contributed by atoms with Crippen LogP contribution >= 0.6 is 0 Å². The van der Waals surface area contributed by atoms with Gasteiger partial charge in [0.15, 0.2) is 5.82 Å². The molecule has 1 saturated heterocycles. The van der Waals surface area contributed by atoms with Crippen molar-refractivity contribution < 1.29 is 13.9 Å². The van der Waals surface area contributed by atoms with Gasteiger partial charge >= 0.3 is 0 Å². The highest BCUT2D eigenvalue weighted by atomic mass is 19.1. The fourth-order valence-corrected chi connectivity index (χ4v) is 5.07. The first-order valence-corrected chi connectivity index (χ1v) is 13.1. The zero-order valence-corrected chi connectivity index (χ0v) is 22.9. The van der Waals surface area contributed by atoms with E-state index in [2.05, 4.69) is 37.1 Å². The largest absolute Gasteiger partial charge is 0.457 e. The molecule has 1 fully saturated rings. The van der Waals surface area contributed by atoms with Gasteiger partial charge in [-0.2, -0.15) is 0 Å². The van der Waals surface area contributed by atoms with Crippen molar-refractivity contribution >= 4 is 45.3 Å². The Morgan fingerprint density at radius 2 is 1.88 bits per heavy atom. The van der Waals surface area contributed by atoms with E-state index in [0.717, 1.165) is 11.3 Å². The van der Waals surface area contributed by atoms with Gasteiger partial charge in [-0.05, 0) is 56.3 Å². The summed E-state index contributed by atoms with van der Waals surface area (Å²) >= 11 is 0. The molecule has 4 heterocycles. The van der Waals surface area contributed by atoms with Gasteiger partial charge in [0.1, 0.15) is 40.5 Å². The fourth-order valence-electron chi connectivity index (χ4n) is 5.07. The van der Waals surface area contributed by atoms with E-state index in [1.54, 1.807) is 28.9 Å². The maximum Gasteiger partial charge on any atom is 0.246 e. The van der Waals surface area contributed by atoms with E-state index in [1.807, 2.05) is 44.0 Å². The molecule has 41 heavy (non-hydrogen) atoms. The molecule has 0 aliphatic carbocycles. The van der Waals surface area contributed by atoms with E-state index in [0.29, 0.717) is 53.5 Å². The van der Waals surface area contributed by atoms with Crippen molar-refractivity contribution in [1.82, 2.24) is 34.8 Å². The van der Waals surface area contributed by atoms with Gasteiger partial charge in [-0.3, -0.25) is 4.79 Å². The summed E-state index contributed by atoms with van der Waals surface area (Å²) < 4.78 is 22.7. The van der Waals surface area contributed by atoms with Gasteiger partial charge in [0.2, 0.25) is 5.91 Å². The molecule has 6 rings (SSSR count). The number of rotatable bonds is 6. The summed E-state index contributed by atoms with van der Waals surface area (Å²) in [6.07, 6.45) is 2.75. The van der Waals surface area contributed by atoms with Crippen LogP contribution in [0.15, 0.2) is 67.5 Å². The summed E-state index contributed by atoms with van der Waals surface area (Å²) in [6, 6.07) is 13.7. The number of fused-ring (bicyclic) bond motifs is 2. The number of benzene rings is 2. The van der Waals surface area contributed by atoms with Crippen molar-refractivity contribution in [3.8, 4) is 11.5 Å². The molecular weight excluding hydrogens is 525 g/mol. The Hall–Kier alpha value is -5.13. The van der Waals surface area contributed by atoms with E-state index < -0.39 is 11.4 Å². The van der Waals surface area contributed by atoms with Crippen LogP contribution in [0.3, 0.4) is 0 Å². The van der Waals surface area contributed by atoms with Gasteiger partial charge in [0.05, 0.1) is 22.3 Å². The third-order valence-electron chi connectivity index (χ3n) is 7.15. The number of pyridine rings is 1. The highest BCUT2D eigenvalue weighted by Crippen LogP contribution is 2.31. The molecule has 0 spiro atoms. The van der Waals surface area contributed by atoms with Gasteiger partial charge in [-0.25, -0.2) is 24.0 Å². The number of piperazine rings is 1. The number of nitrogens with zero attached hydrogens (tertiary/aromatic N) is 8. The van der Waals surface area contributed by atoms with Crippen molar-refractivity contribution in [2.24, 2.45) is 7.05 Å². The zero-order valence-electron chi connectivity index (χ0n) is 22.9. The molecule has 1 aliphatic rings. The predicted octanol–water partition coefficient (Wildman–Crippen LogP) is 4.59. The van der Waals surface area contributed by atoms with Crippen molar-refractivity contribution in [3.05, 3.63) is 73.3 Å². The Bertz CT molecular complexity index is 1800. The Morgan fingerprint density at radius 1 is 1.07 bits per heavy atom. The fraction of sp³-hybridized carbons (Fsp3) is 0.241. The Morgan fingerprint density at radius 3 is 2.66 bits per heavy atom. The molecule has 0 saturated carbocycles. The first-order valence-electron chi connectivity index (χ1n) is 13.1. The second-order valence-electron chi connectivity index (χ2n) is 10.4. The predicted molar refractivity (Wildman–Crippen MR) is 154 cm³/mol. The number of aromatic nitrogens is 6. The molecule has 208 valence electrons. The topological polar surface area (TPSA) is 114 Å².